The highest BCUT2D eigenvalue weighted by Crippen LogP contribution is 2.18. The Balaban J connectivity index is 1.87. The lowest BCUT2D eigenvalue weighted by Gasteiger charge is -2.12. The third kappa shape index (κ3) is 8.41. The van der Waals surface area contributed by atoms with Crippen molar-refractivity contribution in [3.8, 4) is 11.5 Å². The second-order valence-electron chi connectivity index (χ2n) is 6.47. The van der Waals surface area contributed by atoms with Crippen LogP contribution in [0.25, 0.3) is 0 Å². The molecule has 0 fully saturated rings. The van der Waals surface area contributed by atoms with Crippen LogP contribution >= 0.6 is 0 Å². The van der Waals surface area contributed by atoms with E-state index in [2.05, 4.69) is 10.0 Å². The van der Waals surface area contributed by atoms with Crippen LogP contribution in [0.2, 0.25) is 0 Å². The Morgan fingerprint density at radius 1 is 0.931 bits per heavy atom. The number of carbonyl (C=O) groups is 1. The molecule has 29 heavy (non-hydrogen) atoms. The summed E-state index contributed by atoms with van der Waals surface area (Å²) in [6.45, 7) is 4.68. The second-order valence-corrected chi connectivity index (χ2v) is 8.19. The van der Waals surface area contributed by atoms with Crippen LogP contribution in [-0.4, -0.2) is 46.5 Å². The third-order valence-corrected chi connectivity index (χ3v) is 4.70. The zero-order valence-corrected chi connectivity index (χ0v) is 17.5. The van der Waals surface area contributed by atoms with Gasteiger partial charge in [-0.25, -0.2) is 8.42 Å². The molecule has 0 saturated carbocycles. The Bertz CT molecular complexity index is 880. The molecule has 2 aromatic carbocycles. The molecule has 2 rings (SSSR count). The van der Waals surface area contributed by atoms with Gasteiger partial charge in [0.15, 0.2) is 0 Å². The lowest BCUT2D eigenvalue weighted by molar-refractivity contribution is -0.113. The summed E-state index contributed by atoms with van der Waals surface area (Å²) in [5, 5.41) is 2.55. The van der Waals surface area contributed by atoms with Gasteiger partial charge in [0.05, 0.1) is 12.7 Å². The third-order valence-electron chi connectivity index (χ3n) is 3.51. The minimum absolute atomic E-state index is 0.0206. The molecule has 0 aliphatic heterocycles. The first-order valence-electron chi connectivity index (χ1n) is 9.06. The number of amides is 1. The molecular formula is C20H26N2O6S. The molecule has 158 valence electrons. The summed E-state index contributed by atoms with van der Waals surface area (Å²) < 4.78 is 42.7. The molecule has 0 bridgehead atoms. The lowest BCUT2D eigenvalue weighted by atomic mass is 10.3. The molecule has 1 amide bonds. The molecule has 0 radical (unpaired) electrons. The number of rotatable bonds is 11. The van der Waals surface area contributed by atoms with E-state index in [-0.39, 0.29) is 6.10 Å². The predicted octanol–water partition coefficient (Wildman–Crippen LogP) is 2.88. The molecule has 9 heteroatoms. The summed E-state index contributed by atoms with van der Waals surface area (Å²) in [7, 11) is -2.27. The van der Waals surface area contributed by atoms with Crippen molar-refractivity contribution in [1.82, 2.24) is 0 Å². The number of ether oxygens (including phenoxy) is 3. The summed E-state index contributed by atoms with van der Waals surface area (Å²) >= 11 is 0. The molecule has 0 atom stereocenters. The fourth-order valence-corrected chi connectivity index (χ4v) is 3.32. The van der Waals surface area contributed by atoms with Gasteiger partial charge in [-0.1, -0.05) is 0 Å². The number of carbonyl (C=O) groups excluding carboxylic acids is 1. The van der Waals surface area contributed by atoms with E-state index in [9.17, 15) is 13.2 Å². The summed E-state index contributed by atoms with van der Waals surface area (Å²) in [5.74, 6) is -0.0940. The van der Waals surface area contributed by atoms with E-state index in [1.165, 1.54) is 0 Å². The molecule has 2 aromatic rings. The Morgan fingerprint density at radius 2 is 1.52 bits per heavy atom. The van der Waals surface area contributed by atoms with Gasteiger partial charge in [-0.15, -0.1) is 0 Å². The first-order valence-corrected chi connectivity index (χ1v) is 10.7. The maximum atomic E-state index is 12.2. The minimum Gasteiger partial charge on any atom is -0.491 e. The van der Waals surface area contributed by atoms with E-state index in [1.807, 2.05) is 13.8 Å². The highest BCUT2D eigenvalue weighted by molar-refractivity contribution is 7.93. The molecule has 2 N–H and O–H groups in total. The zero-order valence-electron chi connectivity index (χ0n) is 16.7. The van der Waals surface area contributed by atoms with Crippen molar-refractivity contribution in [3.05, 3.63) is 48.5 Å². The summed E-state index contributed by atoms with van der Waals surface area (Å²) in [5.41, 5.74) is 0.825. The molecule has 0 aliphatic rings. The maximum Gasteiger partial charge on any atom is 0.241 e. The number of sulfonamides is 1. The van der Waals surface area contributed by atoms with Crippen LogP contribution in [-0.2, 0) is 19.6 Å². The first kappa shape index (κ1) is 22.5. The van der Waals surface area contributed by atoms with Crippen LogP contribution in [0.1, 0.15) is 13.8 Å². The van der Waals surface area contributed by atoms with E-state index < -0.39 is 21.7 Å². The Morgan fingerprint density at radius 3 is 2.10 bits per heavy atom. The maximum absolute atomic E-state index is 12.2. The van der Waals surface area contributed by atoms with Crippen molar-refractivity contribution in [1.29, 1.82) is 0 Å². The smallest absolute Gasteiger partial charge is 0.241 e. The monoisotopic (exact) mass is 422 g/mol. The van der Waals surface area contributed by atoms with Crippen molar-refractivity contribution < 1.29 is 27.4 Å². The van der Waals surface area contributed by atoms with Gasteiger partial charge in [-0.2, -0.15) is 0 Å². The molecule has 0 aliphatic carbocycles. The fourth-order valence-electron chi connectivity index (χ4n) is 2.34. The Hall–Kier alpha value is -2.78. The molecule has 0 heterocycles. The van der Waals surface area contributed by atoms with Crippen LogP contribution in [0, 0.1) is 0 Å². The van der Waals surface area contributed by atoms with Gasteiger partial charge in [0.25, 0.3) is 0 Å². The Labute approximate surface area is 171 Å². The van der Waals surface area contributed by atoms with Crippen LogP contribution in [0.3, 0.4) is 0 Å². The molecule has 0 saturated heterocycles. The standard InChI is InChI=1S/C20H26N2O6S/c1-15(2)28-19-10-6-17(7-11-19)22-29(24,25)14-20(23)21-16-4-8-18(9-5-16)27-13-12-26-3/h4-11,15,22H,12-14H2,1-3H3,(H,21,23). The molecule has 0 unspecified atom stereocenters. The Kier molecular flexibility index (Phi) is 8.29. The van der Waals surface area contributed by atoms with Gasteiger partial charge in [-0.05, 0) is 62.4 Å². The molecule has 0 spiro atoms. The SMILES string of the molecule is COCCOc1ccc(NC(=O)CS(=O)(=O)Nc2ccc(OC(C)C)cc2)cc1. The number of methoxy groups -OCH3 is 1. The number of anilines is 2. The van der Waals surface area contributed by atoms with E-state index >= 15 is 0 Å². The zero-order chi connectivity index (χ0) is 21.3. The van der Waals surface area contributed by atoms with Crippen LogP contribution < -0.4 is 19.5 Å². The van der Waals surface area contributed by atoms with Gasteiger partial charge < -0.3 is 19.5 Å². The van der Waals surface area contributed by atoms with Gasteiger partial charge >= 0.3 is 0 Å². The van der Waals surface area contributed by atoms with Gasteiger partial charge in [0.1, 0.15) is 23.9 Å². The van der Waals surface area contributed by atoms with Gasteiger partial charge in [-0.3, -0.25) is 9.52 Å². The number of hydrogen-bond donors (Lipinski definition) is 2. The molecular weight excluding hydrogens is 396 g/mol. The highest BCUT2D eigenvalue weighted by Gasteiger charge is 2.17. The number of benzene rings is 2. The second kappa shape index (κ2) is 10.7. The topological polar surface area (TPSA) is 103 Å². The van der Waals surface area contributed by atoms with E-state index in [0.29, 0.717) is 36.1 Å². The highest BCUT2D eigenvalue weighted by atomic mass is 32.2. The average molecular weight is 423 g/mol. The summed E-state index contributed by atoms with van der Waals surface area (Å²) in [4.78, 5) is 12.1. The lowest BCUT2D eigenvalue weighted by Crippen LogP contribution is -2.27. The van der Waals surface area contributed by atoms with Crippen LogP contribution in [0.5, 0.6) is 11.5 Å². The quantitative estimate of drug-likeness (QED) is 0.540. The van der Waals surface area contributed by atoms with Gasteiger partial charge in [0.2, 0.25) is 15.9 Å². The number of nitrogens with one attached hydrogen (secondary N) is 2. The van der Waals surface area contributed by atoms with Crippen LogP contribution in [0.4, 0.5) is 11.4 Å². The van der Waals surface area contributed by atoms with Crippen molar-refractivity contribution in [2.75, 3.05) is 36.1 Å². The predicted molar refractivity (Wildman–Crippen MR) is 112 cm³/mol. The number of hydrogen-bond acceptors (Lipinski definition) is 6. The minimum atomic E-state index is -3.85. The molecule has 8 nitrogen and oxygen atoms in total. The van der Waals surface area contributed by atoms with E-state index in [4.69, 9.17) is 14.2 Å². The first-order chi connectivity index (χ1) is 13.8. The summed E-state index contributed by atoms with van der Waals surface area (Å²) in [6, 6.07) is 13.1. The average Bonchev–Trinajstić information content (AvgIpc) is 2.64. The summed E-state index contributed by atoms with van der Waals surface area (Å²) in [6.07, 6.45) is 0.0206. The normalized spacial score (nSPS) is 11.2. The van der Waals surface area contributed by atoms with Crippen molar-refractivity contribution in [3.63, 3.8) is 0 Å². The fraction of sp³-hybridized carbons (Fsp3) is 0.350. The molecule has 0 aromatic heterocycles. The van der Waals surface area contributed by atoms with Crippen LogP contribution in [0.15, 0.2) is 48.5 Å². The van der Waals surface area contributed by atoms with Crippen molar-refractivity contribution >= 4 is 27.3 Å². The van der Waals surface area contributed by atoms with Crippen molar-refractivity contribution in [2.24, 2.45) is 0 Å². The van der Waals surface area contributed by atoms with Crippen molar-refractivity contribution in [2.45, 2.75) is 20.0 Å². The largest absolute Gasteiger partial charge is 0.491 e. The van der Waals surface area contributed by atoms with E-state index in [1.54, 1.807) is 55.6 Å². The van der Waals surface area contributed by atoms with Gasteiger partial charge in [0, 0.05) is 18.5 Å². The van der Waals surface area contributed by atoms with E-state index in [0.717, 1.165) is 0 Å².